The van der Waals surface area contributed by atoms with Crippen LogP contribution in [0, 0.1) is 11.8 Å². The lowest BCUT2D eigenvalue weighted by Crippen LogP contribution is -2.60. The molecule has 1 heterocycles. The van der Waals surface area contributed by atoms with Gasteiger partial charge in [-0.25, -0.2) is 0 Å². The van der Waals surface area contributed by atoms with Crippen LogP contribution in [0.25, 0.3) is 0 Å². The van der Waals surface area contributed by atoms with Crippen LogP contribution in [0.4, 0.5) is 0 Å². The molecule has 2 aromatic rings. The van der Waals surface area contributed by atoms with Gasteiger partial charge in [0.1, 0.15) is 23.7 Å². The monoisotopic (exact) mass is 737 g/mol. The Morgan fingerprint density at radius 1 is 0.717 bits per heavy atom. The van der Waals surface area contributed by atoms with E-state index in [2.05, 4.69) is 21.3 Å². The zero-order chi connectivity index (χ0) is 39.0. The first-order valence-electron chi connectivity index (χ1n) is 18.6. The Morgan fingerprint density at radius 2 is 1.21 bits per heavy atom. The standard InChI is InChI=1S/C40H59N5O8/c1-27(2)22-32(36(48)40(5,52)26-46)42-39(51)34(24-30-14-10-7-11-15-30)44-38(50)33(23-28(3)4)43-37(49)31(17-16-29-12-8-6-9-13-29)41-35(47)25-45-18-20-53-21-19-45/h6-15,27-28,31-34,46,52H,16-26H2,1-5H3,(H,41,47)(H,42,51)(H,43,49)(H,44,50)/t31-,32-,33-,34-,40?/m0/s1. The van der Waals surface area contributed by atoms with Gasteiger partial charge in [0.2, 0.25) is 23.6 Å². The third-order valence-electron chi connectivity index (χ3n) is 9.12. The smallest absolute Gasteiger partial charge is 0.243 e. The second kappa shape index (κ2) is 21.5. The molecule has 0 bridgehead atoms. The van der Waals surface area contributed by atoms with Crippen molar-refractivity contribution >= 4 is 29.4 Å². The highest BCUT2D eigenvalue weighted by atomic mass is 16.5. The number of aryl methyl sites for hydroxylation is 1. The Hall–Kier alpha value is -4.17. The number of rotatable bonds is 21. The SMILES string of the molecule is CC(C)C[C@H](NC(=O)[C@H](CCc1ccccc1)NC(=O)CN1CCOCC1)C(=O)N[C@@H](Cc1ccccc1)C(=O)N[C@@H](CC(C)C)C(=O)C(C)(O)CO. The van der Waals surface area contributed by atoms with E-state index < -0.39 is 59.9 Å². The van der Waals surface area contributed by atoms with Crippen LogP contribution in [0.1, 0.15) is 65.0 Å². The fraction of sp³-hybridized carbons (Fsp3) is 0.575. The molecule has 0 saturated carbocycles. The molecule has 5 atom stereocenters. The third kappa shape index (κ3) is 15.0. The highest BCUT2D eigenvalue weighted by Crippen LogP contribution is 2.16. The Morgan fingerprint density at radius 3 is 1.77 bits per heavy atom. The fourth-order valence-corrected chi connectivity index (χ4v) is 6.16. The van der Waals surface area contributed by atoms with Crippen molar-refractivity contribution < 1.29 is 38.9 Å². The number of morpholine rings is 1. The van der Waals surface area contributed by atoms with Gasteiger partial charge in [-0.3, -0.25) is 28.9 Å². The van der Waals surface area contributed by atoms with Crippen LogP contribution in [0.3, 0.4) is 0 Å². The summed E-state index contributed by atoms with van der Waals surface area (Å²) in [7, 11) is 0. The zero-order valence-corrected chi connectivity index (χ0v) is 31.8. The minimum atomic E-state index is -2.08. The molecule has 4 amide bonds. The second-order valence-corrected chi connectivity index (χ2v) is 15.0. The van der Waals surface area contributed by atoms with Crippen LogP contribution in [-0.2, 0) is 41.6 Å². The molecule has 2 aromatic carbocycles. The minimum Gasteiger partial charge on any atom is -0.393 e. The highest BCUT2D eigenvalue weighted by Gasteiger charge is 2.38. The van der Waals surface area contributed by atoms with Crippen LogP contribution in [-0.4, -0.2) is 114 Å². The molecule has 1 saturated heterocycles. The average Bonchev–Trinajstić information content (AvgIpc) is 3.12. The van der Waals surface area contributed by atoms with Crippen molar-refractivity contribution in [2.45, 2.75) is 96.5 Å². The molecular weight excluding hydrogens is 678 g/mol. The largest absolute Gasteiger partial charge is 0.393 e. The van der Waals surface area contributed by atoms with E-state index in [9.17, 15) is 34.2 Å². The number of benzene rings is 2. The number of nitrogens with one attached hydrogen (secondary N) is 4. The average molecular weight is 738 g/mol. The summed E-state index contributed by atoms with van der Waals surface area (Å²) in [5.74, 6) is -2.89. The molecule has 0 aliphatic carbocycles. The first-order valence-corrected chi connectivity index (χ1v) is 18.6. The summed E-state index contributed by atoms with van der Waals surface area (Å²) in [4.78, 5) is 70.2. The number of aliphatic hydroxyl groups is 2. The normalized spacial score (nSPS) is 16.8. The number of ether oxygens (including phenoxy) is 1. The number of hydrogen-bond donors (Lipinski definition) is 6. The van der Waals surface area contributed by atoms with Gasteiger partial charge < -0.3 is 36.2 Å². The lowest BCUT2D eigenvalue weighted by atomic mass is 9.90. The van der Waals surface area contributed by atoms with Crippen LogP contribution in [0.5, 0.6) is 0 Å². The lowest BCUT2D eigenvalue weighted by Gasteiger charge is -2.30. The molecule has 1 aliphatic heterocycles. The molecule has 13 heteroatoms. The highest BCUT2D eigenvalue weighted by molar-refractivity contribution is 5.97. The van der Waals surface area contributed by atoms with Gasteiger partial charge >= 0.3 is 0 Å². The summed E-state index contributed by atoms with van der Waals surface area (Å²) in [5, 5.41) is 31.5. The molecule has 13 nitrogen and oxygen atoms in total. The molecule has 292 valence electrons. The van der Waals surface area contributed by atoms with Gasteiger partial charge in [-0.2, -0.15) is 0 Å². The molecule has 53 heavy (non-hydrogen) atoms. The molecule has 0 radical (unpaired) electrons. The first kappa shape index (κ1) is 43.2. The van der Waals surface area contributed by atoms with E-state index in [-0.39, 0.29) is 43.6 Å². The number of carbonyl (C=O) groups excluding carboxylic acids is 5. The van der Waals surface area contributed by atoms with Crippen molar-refractivity contribution in [1.82, 2.24) is 26.2 Å². The topological polar surface area (TPSA) is 186 Å². The quantitative estimate of drug-likeness (QED) is 0.111. The summed E-state index contributed by atoms with van der Waals surface area (Å²) in [6.07, 6.45) is 1.33. The van der Waals surface area contributed by atoms with E-state index in [1.54, 1.807) is 12.1 Å². The summed E-state index contributed by atoms with van der Waals surface area (Å²) >= 11 is 0. The van der Waals surface area contributed by atoms with E-state index in [1.165, 1.54) is 6.92 Å². The molecule has 3 rings (SSSR count). The maximum absolute atomic E-state index is 14.1. The summed E-state index contributed by atoms with van der Waals surface area (Å²) < 4.78 is 5.39. The summed E-state index contributed by atoms with van der Waals surface area (Å²) in [5.41, 5.74) is -0.337. The van der Waals surface area contributed by atoms with Gasteiger partial charge in [0.05, 0.1) is 32.4 Å². The predicted octanol–water partition coefficient (Wildman–Crippen LogP) is 1.54. The lowest BCUT2D eigenvalue weighted by molar-refractivity contribution is -0.144. The molecule has 6 N–H and O–H groups in total. The molecule has 0 spiro atoms. The van der Waals surface area contributed by atoms with Crippen LogP contribution in [0.2, 0.25) is 0 Å². The van der Waals surface area contributed by atoms with E-state index in [4.69, 9.17) is 4.74 Å². The van der Waals surface area contributed by atoms with Crippen molar-refractivity contribution in [2.24, 2.45) is 11.8 Å². The third-order valence-corrected chi connectivity index (χ3v) is 9.12. The number of aliphatic hydroxyl groups excluding tert-OH is 1. The minimum absolute atomic E-state index is 0.0279. The van der Waals surface area contributed by atoms with E-state index in [0.717, 1.165) is 11.1 Å². The van der Waals surface area contributed by atoms with E-state index in [1.807, 2.05) is 81.1 Å². The van der Waals surface area contributed by atoms with Gasteiger partial charge in [-0.05, 0) is 55.6 Å². The van der Waals surface area contributed by atoms with Crippen molar-refractivity contribution in [1.29, 1.82) is 0 Å². The van der Waals surface area contributed by atoms with Gasteiger partial charge in [-0.1, -0.05) is 88.4 Å². The number of Topliss-reactive ketones (excluding diaryl/α,β-unsaturated/α-hetero) is 1. The predicted molar refractivity (Wildman–Crippen MR) is 202 cm³/mol. The second-order valence-electron chi connectivity index (χ2n) is 15.0. The van der Waals surface area contributed by atoms with Gasteiger partial charge in [-0.15, -0.1) is 0 Å². The Kier molecular flexibility index (Phi) is 17.5. The number of nitrogens with zero attached hydrogens (tertiary/aromatic N) is 1. The van der Waals surface area contributed by atoms with Crippen molar-refractivity contribution in [3.8, 4) is 0 Å². The number of carbonyl (C=O) groups is 5. The molecule has 1 unspecified atom stereocenters. The van der Waals surface area contributed by atoms with E-state index in [0.29, 0.717) is 39.1 Å². The number of hydrogen-bond acceptors (Lipinski definition) is 9. The van der Waals surface area contributed by atoms with Gasteiger partial charge in [0.15, 0.2) is 5.78 Å². The number of amides is 4. The van der Waals surface area contributed by atoms with Crippen LogP contribution < -0.4 is 21.3 Å². The maximum Gasteiger partial charge on any atom is 0.243 e. The van der Waals surface area contributed by atoms with Crippen LogP contribution >= 0.6 is 0 Å². The van der Waals surface area contributed by atoms with Gasteiger partial charge in [0.25, 0.3) is 0 Å². The Labute approximate surface area is 313 Å². The molecule has 0 aromatic heterocycles. The summed E-state index contributed by atoms with van der Waals surface area (Å²) in [6.45, 7) is 10.3. The number of ketones is 1. The first-order chi connectivity index (χ1) is 25.2. The molecular formula is C40H59N5O8. The van der Waals surface area contributed by atoms with Gasteiger partial charge in [0, 0.05) is 19.5 Å². The maximum atomic E-state index is 14.1. The van der Waals surface area contributed by atoms with Crippen molar-refractivity contribution in [3.05, 3.63) is 71.8 Å². The molecule has 1 fully saturated rings. The Balaban J connectivity index is 1.84. The van der Waals surface area contributed by atoms with Crippen molar-refractivity contribution in [2.75, 3.05) is 39.5 Å². The summed E-state index contributed by atoms with van der Waals surface area (Å²) in [6, 6.07) is 14.4. The van der Waals surface area contributed by atoms with Crippen molar-refractivity contribution in [3.63, 3.8) is 0 Å². The van der Waals surface area contributed by atoms with E-state index >= 15 is 0 Å². The molecule has 1 aliphatic rings. The Bertz CT molecular complexity index is 1460. The zero-order valence-electron chi connectivity index (χ0n) is 31.8. The fourth-order valence-electron chi connectivity index (χ4n) is 6.16. The van der Waals surface area contributed by atoms with Crippen LogP contribution in [0.15, 0.2) is 60.7 Å².